The number of imidazole rings is 1. The molecule has 0 saturated carbocycles. The van der Waals surface area contributed by atoms with E-state index >= 15 is 0 Å². The van der Waals surface area contributed by atoms with Gasteiger partial charge in [0.2, 0.25) is 11.8 Å². The van der Waals surface area contributed by atoms with Gasteiger partial charge in [-0.15, -0.1) is 0 Å². The van der Waals surface area contributed by atoms with Gasteiger partial charge in [0.25, 0.3) is 0 Å². The second kappa shape index (κ2) is 12.9. The lowest BCUT2D eigenvalue weighted by molar-refractivity contribution is -0.149. The quantitative estimate of drug-likeness (QED) is 0.114. The summed E-state index contributed by atoms with van der Waals surface area (Å²) in [6.07, 6.45) is -1.24. The molecule has 47 heavy (non-hydrogen) atoms. The van der Waals surface area contributed by atoms with E-state index in [1.807, 2.05) is 20.8 Å². The Morgan fingerprint density at radius 1 is 1.23 bits per heavy atom. The van der Waals surface area contributed by atoms with Crippen molar-refractivity contribution in [3.8, 4) is 11.6 Å². The zero-order valence-corrected chi connectivity index (χ0v) is 27.8. The van der Waals surface area contributed by atoms with E-state index in [9.17, 15) is 24.7 Å². The summed E-state index contributed by atoms with van der Waals surface area (Å²) in [5.74, 6) is -1.61. The van der Waals surface area contributed by atoms with Gasteiger partial charge < -0.3 is 35.1 Å². The van der Waals surface area contributed by atoms with Crippen LogP contribution in [0.25, 0.3) is 22.1 Å². The molecule has 6 N–H and O–H groups in total. The van der Waals surface area contributed by atoms with Crippen molar-refractivity contribution in [2.45, 2.75) is 71.6 Å². The van der Waals surface area contributed by atoms with Gasteiger partial charge in [-0.1, -0.05) is 40.7 Å². The number of nitrogens with two attached hydrogens (primary N) is 1. The van der Waals surface area contributed by atoms with Gasteiger partial charge in [-0.3, -0.25) is 18.9 Å². The van der Waals surface area contributed by atoms with Crippen LogP contribution >= 0.6 is 7.75 Å². The molecule has 0 spiro atoms. The molecule has 5 rings (SSSR count). The second-order valence-electron chi connectivity index (χ2n) is 13.2. The van der Waals surface area contributed by atoms with Gasteiger partial charge in [0, 0.05) is 11.6 Å². The molecule has 3 aromatic heterocycles. The first-order valence-corrected chi connectivity index (χ1v) is 16.5. The van der Waals surface area contributed by atoms with Crippen molar-refractivity contribution in [3.63, 3.8) is 0 Å². The summed E-state index contributed by atoms with van der Waals surface area (Å²) in [5.41, 5.74) is 4.16. The molecule has 1 saturated heterocycles. The van der Waals surface area contributed by atoms with Crippen LogP contribution in [0.5, 0.6) is 11.6 Å². The molecule has 0 aliphatic carbocycles. The zero-order valence-electron chi connectivity index (χ0n) is 26.9. The molecule has 4 heterocycles. The largest absolute Gasteiger partial charge is 0.492 e. The number of rotatable bonds is 11. The summed E-state index contributed by atoms with van der Waals surface area (Å²) in [6.45, 7) is 10.1. The SMILES string of the molecule is CC(C)[C@H](NP(=O)(OC[C@H]1OC(n2cnc3c(O)nc(N)nc32)[C@](C)(O)[C@@H]1O)Oc1ccc2ncccc2c1)C(=O)OCC(C)(C)C. The summed E-state index contributed by atoms with van der Waals surface area (Å²) in [4.78, 5) is 29.3. The standard InChI is InChI=1S/C30H40N7O9P/c1-16(2)21(26(40)43-14-29(3,4)5)36-47(42,46-18-9-10-19-17(12-18)8-7-11-32-19)44-13-20-23(38)30(6,41)27(45-20)37-15-33-22-24(37)34-28(31)35-25(22)39/h7-12,15-16,20-21,23,27,38,41H,13-14H2,1-6H3,(H,36,42)(H3,31,34,35,39)/t20-,21+,23-,27?,30-,47?/m1/s1. The van der Waals surface area contributed by atoms with Gasteiger partial charge in [-0.25, -0.2) is 9.55 Å². The average molecular weight is 674 g/mol. The molecule has 2 unspecified atom stereocenters. The van der Waals surface area contributed by atoms with E-state index in [4.69, 9.17) is 24.3 Å². The Kier molecular flexibility index (Phi) is 9.48. The molecule has 0 bridgehead atoms. The topological polar surface area (TPSA) is 226 Å². The van der Waals surface area contributed by atoms with E-state index in [2.05, 4.69) is 25.0 Å². The second-order valence-corrected chi connectivity index (χ2v) is 14.9. The fraction of sp³-hybridized carbons (Fsp3) is 0.500. The minimum Gasteiger partial charge on any atom is -0.492 e. The van der Waals surface area contributed by atoms with Crippen LogP contribution in [0.4, 0.5) is 5.95 Å². The molecule has 254 valence electrons. The number of carbonyl (C=O) groups is 1. The number of aromatic nitrogens is 5. The minimum absolute atomic E-state index is 0.00134. The number of anilines is 1. The highest BCUT2D eigenvalue weighted by Gasteiger charge is 2.54. The van der Waals surface area contributed by atoms with Crippen LogP contribution < -0.4 is 15.3 Å². The Hall–Kier alpha value is -3.92. The molecule has 4 aromatic rings. The third-order valence-electron chi connectivity index (χ3n) is 7.50. The van der Waals surface area contributed by atoms with Gasteiger partial charge in [0.05, 0.1) is 25.1 Å². The van der Waals surface area contributed by atoms with Crippen LogP contribution in [0.3, 0.4) is 0 Å². The summed E-state index contributed by atoms with van der Waals surface area (Å²) >= 11 is 0. The van der Waals surface area contributed by atoms with Crippen molar-refractivity contribution < 1.29 is 43.2 Å². The monoisotopic (exact) mass is 673 g/mol. The Morgan fingerprint density at radius 2 is 1.98 bits per heavy atom. The number of nitrogen functional groups attached to an aromatic ring is 1. The number of esters is 1. The van der Waals surface area contributed by atoms with Crippen molar-refractivity contribution in [1.82, 2.24) is 29.6 Å². The number of aliphatic hydroxyl groups excluding tert-OH is 1. The van der Waals surface area contributed by atoms with Crippen LogP contribution in [0.15, 0.2) is 42.9 Å². The first-order valence-electron chi connectivity index (χ1n) is 15.0. The fourth-order valence-electron chi connectivity index (χ4n) is 5.00. The molecule has 1 aliphatic rings. The Morgan fingerprint density at radius 3 is 2.68 bits per heavy atom. The third-order valence-corrected chi connectivity index (χ3v) is 9.04. The van der Waals surface area contributed by atoms with Gasteiger partial charge in [-0.05, 0) is 42.5 Å². The molecule has 17 heteroatoms. The zero-order chi connectivity index (χ0) is 34.3. The average Bonchev–Trinajstić information content (AvgIpc) is 3.50. The van der Waals surface area contributed by atoms with Crippen LogP contribution in [0.1, 0.15) is 47.8 Å². The fourth-order valence-corrected chi connectivity index (χ4v) is 6.66. The summed E-state index contributed by atoms with van der Waals surface area (Å²) < 4.78 is 39.1. The van der Waals surface area contributed by atoms with Crippen LogP contribution in [0.2, 0.25) is 0 Å². The maximum atomic E-state index is 14.5. The van der Waals surface area contributed by atoms with Crippen molar-refractivity contribution in [1.29, 1.82) is 0 Å². The first kappa shape index (κ1) is 34.4. The number of hydrogen-bond donors (Lipinski definition) is 5. The van der Waals surface area contributed by atoms with Crippen molar-refractivity contribution in [3.05, 3.63) is 42.9 Å². The Labute approximate surface area is 270 Å². The normalized spacial score (nSPS) is 23.6. The molecular weight excluding hydrogens is 633 g/mol. The van der Waals surface area contributed by atoms with Crippen molar-refractivity contribution >= 4 is 41.7 Å². The van der Waals surface area contributed by atoms with Crippen LogP contribution in [0, 0.1) is 11.3 Å². The number of carbonyl (C=O) groups excluding carboxylic acids is 1. The lowest BCUT2D eigenvalue weighted by Crippen LogP contribution is -2.45. The van der Waals surface area contributed by atoms with E-state index in [-0.39, 0.29) is 34.9 Å². The Balaban J connectivity index is 1.42. The summed E-state index contributed by atoms with van der Waals surface area (Å²) in [5, 5.41) is 36.1. The van der Waals surface area contributed by atoms with Gasteiger partial charge in [0.15, 0.2) is 17.4 Å². The number of aromatic hydroxyl groups is 1. The summed E-state index contributed by atoms with van der Waals surface area (Å²) in [6, 6.07) is 7.31. The van der Waals surface area contributed by atoms with E-state index in [1.54, 1.807) is 50.4 Å². The minimum atomic E-state index is -4.43. The molecule has 0 radical (unpaired) electrons. The lowest BCUT2D eigenvalue weighted by Gasteiger charge is -2.29. The first-order chi connectivity index (χ1) is 22.0. The molecule has 1 aromatic carbocycles. The van der Waals surface area contributed by atoms with E-state index in [0.717, 1.165) is 0 Å². The number of ether oxygens (including phenoxy) is 2. The molecule has 16 nitrogen and oxygen atoms in total. The van der Waals surface area contributed by atoms with Gasteiger partial charge in [-0.2, -0.15) is 15.1 Å². The number of pyridine rings is 1. The maximum absolute atomic E-state index is 14.5. The predicted molar refractivity (Wildman–Crippen MR) is 170 cm³/mol. The molecule has 6 atom stereocenters. The summed E-state index contributed by atoms with van der Waals surface area (Å²) in [7, 11) is -4.43. The van der Waals surface area contributed by atoms with Crippen LogP contribution in [-0.2, 0) is 23.4 Å². The van der Waals surface area contributed by atoms with E-state index < -0.39 is 62.2 Å². The molecule has 0 amide bonds. The highest BCUT2D eigenvalue weighted by molar-refractivity contribution is 7.52. The van der Waals surface area contributed by atoms with Gasteiger partial charge in [0.1, 0.15) is 29.6 Å². The number of aliphatic hydroxyl groups is 2. The maximum Gasteiger partial charge on any atom is 0.459 e. The number of hydrogen-bond acceptors (Lipinski definition) is 14. The molecule has 1 fully saturated rings. The highest BCUT2D eigenvalue weighted by atomic mass is 31.2. The molecule has 1 aliphatic heterocycles. The van der Waals surface area contributed by atoms with Gasteiger partial charge >= 0.3 is 13.7 Å². The predicted octanol–water partition coefficient (Wildman–Crippen LogP) is 3.08. The van der Waals surface area contributed by atoms with E-state index in [1.165, 1.54) is 17.8 Å². The number of nitrogens with zero attached hydrogens (tertiary/aromatic N) is 5. The van der Waals surface area contributed by atoms with Crippen molar-refractivity contribution in [2.75, 3.05) is 18.9 Å². The highest BCUT2D eigenvalue weighted by Crippen LogP contribution is 2.48. The smallest absolute Gasteiger partial charge is 0.459 e. The molecular formula is C30H40N7O9P. The Bertz CT molecular complexity index is 1810. The van der Waals surface area contributed by atoms with E-state index in [0.29, 0.717) is 10.9 Å². The third kappa shape index (κ3) is 7.48. The number of benzene rings is 1. The number of fused-ring (bicyclic) bond motifs is 2. The lowest BCUT2D eigenvalue weighted by atomic mass is 9.96. The van der Waals surface area contributed by atoms with Crippen molar-refractivity contribution in [2.24, 2.45) is 11.3 Å². The number of nitrogens with one attached hydrogen (secondary N) is 1. The van der Waals surface area contributed by atoms with Crippen LogP contribution in [-0.4, -0.2) is 82.9 Å².